The summed E-state index contributed by atoms with van der Waals surface area (Å²) >= 11 is 0. The molecule has 0 saturated heterocycles. The number of aldehydes is 1. The van der Waals surface area contributed by atoms with Gasteiger partial charge in [-0.1, -0.05) is 0 Å². The van der Waals surface area contributed by atoms with Crippen molar-refractivity contribution in [1.82, 2.24) is 0 Å². The maximum absolute atomic E-state index is 11.5. The Labute approximate surface area is 56.9 Å². The fraction of sp³-hybridized carbons (Fsp3) is 0.800. The zero-order valence-electron chi connectivity index (χ0n) is 5.14. The Balaban J connectivity index is 3.80. The second-order valence-corrected chi connectivity index (χ2v) is 1.84. The SMILES string of the molecule is O=C[C@H](O)[C@@H](O)[C@H](O)CF. The first-order chi connectivity index (χ1) is 4.63. The lowest BCUT2D eigenvalue weighted by Gasteiger charge is -2.15. The molecule has 5 heteroatoms. The highest BCUT2D eigenvalue weighted by molar-refractivity contribution is 5.56. The molecule has 3 N–H and O–H groups in total. The van der Waals surface area contributed by atoms with E-state index < -0.39 is 25.0 Å². The topological polar surface area (TPSA) is 77.8 Å². The zero-order chi connectivity index (χ0) is 8.15. The van der Waals surface area contributed by atoms with Crippen molar-refractivity contribution in [2.75, 3.05) is 6.67 Å². The van der Waals surface area contributed by atoms with Gasteiger partial charge in [0.1, 0.15) is 25.0 Å². The van der Waals surface area contributed by atoms with Crippen molar-refractivity contribution in [2.24, 2.45) is 0 Å². The second-order valence-electron chi connectivity index (χ2n) is 1.84. The molecule has 0 aromatic heterocycles. The first-order valence-corrected chi connectivity index (χ1v) is 2.69. The largest absolute Gasteiger partial charge is 0.388 e. The van der Waals surface area contributed by atoms with Crippen LogP contribution in [0.3, 0.4) is 0 Å². The molecule has 0 unspecified atom stereocenters. The van der Waals surface area contributed by atoms with Crippen LogP contribution in [0.4, 0.5) is 4.39 Å². The molecule has 0 aliphatic rings. The summed E-state index contributed by atoms with van der Waals surface area (Å²) in [5, 5.41) is 25.6. The summed E-state index contributed by atoms with van der Waals surface area (Å²) in [4.78, 5) is 9.72. The molecule has 0 aromatic rings. The van der Waals surface area contributed by atoms with Crippen LogP contribution in [0.2, 0.25) is 0 Å². The smallest absolute Gasteiger partial charge is 0.151 e. The normalized spacial score (nSPS) is 19.6. The van der Waals surface area contributed by atoms with Crippen molar-refractivity contribution in [2.45, 2.75) is 18.3 Å². The molecular formula is C5H9FO4. The van der Waals surface area contributed by atoms with Gasteiger partial charge in [-0.05, 0) is 0 Å². The van der Waals surface area contributed by atoms with Crippen LogP contribution < -0.4 is 0 Å². The summed E-state index contributed by atoms with van der Waals surface area (Å²) in [6, 6.07) is 0. The molecule has 0 fully saturated rings. The van der Waals surface area contributed by atoms with Gasteiger partial charge >= 0.3 is 0 Å². The van der Waals surface area contributed by atoms with Crippen LogP contribution in [0.5, 0.6) is 0 Å². The van der Waals surface area contributed by atoms with E-state index in [1.54, 1.807) is 0 Å². The van der Waals surface area contributed by atoms with E-state index in [9.17, 15) is 9.18 Å². The highest BCUT2D eigenvalue weighted by Crippen LogP contribution is 1.98. The van der Waals surface area contributed by atoms with Gasteiger partial charge in [0.05, 0.1) is 0 Å². The van der Waals surface area contributed by atoms with Gasteiger partial charge in [0.2, 0.25) is 0 Å². The average molecular weight is 152 g/mol. The first-order valence-electron chi connectivity index (χ1n) is 2.69. The van der Waals surface area contributed by atoms with Crippen LogP contribution in [0.25, 0.3) is 0 Å². The van der Waals surface area contributed by atoms with E-state index in [1.807, 2.05) is 0 Å². The van der Waals surface area contributed by atoms with Gasteiger partial charge in [0, 0.05) is 0 Å². The molecule has 60 valence electrons. The van der Waals surface area contributed by atoms with E-state index in [-0.39, 0.29) is 6.29 Å². The number of carbonyl (C=O) groups excluding carboxylic acids is 1. The predicted octanol–water partition coefficient (Wildman–Crippen LogP) is -1.76. The van der Waals surface area contributed by atoms with Gasteiger partial charge in [-0.15, -0.1) is 0 Å². The van der Waals surface area contributed by atoms with Gasteiger partial charge in [0.25, 0.3) is 0 Å². The van der Waals surface area contributed by atoms with Crippen LogP contribution in [-0.2, 0) is 4.79 Å². The third-order valence-electron chi connectivity index (χ3n) is 1.04. The first kappa shape index (κ1) is 9.48. The van der Waals surface area contributed by atoms with Crippen molar-refractivity contribution in [3.8, 4) is 0 Å². The lowest BCUT2D eigenvalue weighted by molar-refractivity contribution is -0.126. The Kier molecular flexibility index (Phi) is 4.10. The van der Waals surface area contributed by atoms with E-state index in [2.05, 4.69) is 0 Å². The third kappa shape index (κ3) is 2.38. The number of hydrogen-bond acceptors (Lipinski definition) is 4. The van der Waals surface area contributed by atoms with Gasteiger partial charge in [0.15, 0.2) is 6.29 Å². The zero-order valence-corrected chi connectivity index (χ0v) is 5.14. The number of aliphatic hydroxyl groups excluding tert-OH is 3. The summed E-state index contributed by atoms with van der Waals surface area (Å²) < 4.78 is 11.5. The van der Waals surface area contributed by atoms with Gasteiger partial charge in [-0.3, -0.25) is 0 Å². The maximum atomic E-state index is 11.5. The molecule has 0 radical (unpaired) electrons. The Morgan fingerprint density at radius 2 is 1.90 bits per heavy atom. The minimum atomic E-state index is -1.73. The molecule has 0 aliphatic heterocycles. The van der Waals surface area contributed by atoms with Crippen LogP contribution in [0, 0.1) is 0 Å². The van der Waals surface area contributed by atoms with Crippen LogP contribution >= 0.6 is 0 Å². The summed E-state index contributed by atoms with van der Waals surface area (Å²) in [5.74, 6) is 0. The van der Waals surface area contributed by atoms with Crippen molar-refractivity contribution in [3.05, 3.63) is 0 Å². The summed E-state index contributed by atoms with van der Waals surface area (Å²) in [6.07, 6.45) is -5.11. The van der Waals surface area contributed by atoms with Gasteiger partial charge in [-0.2, -0.15) is 0 Å². The fourth-order valence-electron chi connectivity index (χ4n) is 0.399. The molecule has 0 bridgehead atoms. The summed E-state index contributed by atoms with van der Waals surface area (Å²) in [6.45, 7) is -1.19. The number of carbonyl (C=O) groups is 1. The number of halogens is 1. The van der Waals surface area contributed by atoms with Gasteiger partial charge < -0.3 is 20.1 Å². The Morgan fingerprint density at radius 1 is 1.40 bits per heavy atom. The molecule has 0 saturated carbocycles. The van der Waals surface area contributed by atoms with Crippen LogP contribution in [-0.4, -0.2) is 46.6 Å². The Morgan fingerprint density at radius 3 is 2.20 bits per heavy atom. The molecule has 0 aromatic carbocycles. The number of aliphatic hydroxyl groups is 3. The monoisotopic (exact) mass is 152 g/mol. The molecule has 0 spiro atoms. The maximum Gasteiger partial charge on any atom is 0.151 e. The predicted molar refractivity (Wildman–Crippen MR) is 30.1 cm³/mol. The molecular weight excluding hydrogens is 143 g/mol. The molecule has 0 aliphatic carbocycles. The Bertz CT molecular complexity index is 108. The lowest BCUT2D eigenvalue weighted by atomic mass is 10.1. The fourth-order valence-corrected chi connectivity index (χ4v) is 0.399. The second kappa shape index (κ2) is 4.32. The summed E-state index contributed by atoms with van der Waals surface area (Å²) in [5.41, 5.74) is 0. The average Bonchev–Trinajstić information content (AvgIpc) is 2.00. The van der Waals surface area contributed by atoms with Crippen molar-refractivity contribution in [1.29, 1.82) is 0 Å². The number of rotatable bonds is 4. The van der Waals surface area contributed by atoms with E-state index >= 15 is 0 Å². The molecule has 3 atom stereocenters. The van der Waals surface area contributed by atoms with Crippen LogP contribution in [0.1, 0.15) is 0 Å². The molecule has 10 heavy (non-hydrogen) atoms. The minimum absolute atomic E-state index is 0.0313. The highest BCUT2D eigenvalue weighted by Gasteiger charge is 2.23. The molecule has 0 amide bonds. The molecule has 4 nitrogen and oxygen atoms in total. The summed E-state index contributed by atoms with van der Waals surface area (Å²) in [7, 11) is 0. The highest BCUT2D eigenvalue weighted by atomic mass is 19.1. The number of hydrogen-bond donors (Lipinski definition) is 3. The van der Waals surface area contributed by atoms with E-state index in [0.29, 0.717) is 0 Å². The van der Waals surface area contributed by atoms with Crippen molar-refractivity contribution in [3.63, 3.8) is 0 Å². The molecule has 0 rings (SSSR count). The van der Waals surface area contributed by atoms with E-state index in [0.717, 1.165) is 0 Å². The third-order valence-corrected chi connectivity index (χ3v) is 1.04. The molecule has 0 heterocycles. The van der Waals surface area contributed by atoms with Gasteiger partial charge in [-0.25, -0.2) is 4.39 Å². The van der Waals surface area contributed by atoms with Crippen LogP contribution in [0.15, 0.2) is 0 Å². The van der Waals surface area contributed by atoms with E-state index in [4.69, 9.17) is 15.3 Å². The number of alkyl halides is 1. The van der Waals surface area contributed by atoms with E-state index in [1.165, 1.54) is 0 Å². The van der Waals surface area contributed by atoms with Crippen molar-refractivity contribution >= 4 is 6.29 Å². The lowest BCUT2D eigenvalue weighted by Crippen LogP contribution is -2.39. The Hall–Kier alpha value is -0.520. The quantitative estimate of drug-likeness (QED) is 0.417. The minimum Gasteiger partial charge on any atom is -0.388 e. The standard InChI is InChI=1S/C5H9FO4/c6-1-3(8)5(10)4(9)2-7/h2-5,8-10H,1H2/t3-,4+,5+/m1/s1. The van der Waals surface area contributed by atoms with Crippen molar-refractivity contribution < 1.29 is 24.5 Å².